The molecule has 0 radical (unpaired) electrons. The van der Waals surface area contributed by atoms with Crippen LogP contribution < -0.4 is 10.1 Å². The molecule has 0 aliphatic heterocycles. The van der Waals surface area contributed by atoms with Gasteiger partial charge in [0.05, 0.1) is 10.7 Å². The number of aryl methyl sites for hydroxylation is 2. The fraction of sp³-hybridized carbons (Fsp3) is 0.238. The lowest BCUT2D eigenvalue weighted by Gasteiger charge is -2.08. The minimum absolute atomic E-state index is 0.100. The Bertz CT molecular complexity index is 920. The topological polar surface area (TPSA) is 56.2 Å². The first-order valence-electron chi connectivity index (χ1n) is 8.96. The van der Waals surface area contributed by atoms with Crippen LogP contribution in [0.3, 0.4) is 0 Å². The number of ether oxygens (including phenoxy) is 1. The summed E-state index contributed by atoms with van der Waals surface area (Å²) in [4.78, 5) is 12.2. The van der Waals surface area contributed by atoms with E-state index in [0.717, 1.165) is 17.7 Å². The van der Waals surface area contributed by atoms with E-state index >= 15 is 0 Å². The summed E-state index contributed by atoms with van der Waals surface area (Å²) in [6, 6.07) is 14.6. The molecule has 0 spiro atoms. The van der Waals surface area contributed by atoms with Crippen molar-refractivity contribution < 1.29 is 9.53 Å². The second-order valence-corrected chi connectivity index (χ2v) is 7.22. The Kier molecular flexibility index (Phi) is 6.95. The van der Waals surface area contributed by atoms with E-state index in [9.17, 15) is 4.79 Å². The van der Waals surface area contributed by atoms with Gasteiger partial charge in [0.2, 0.25) is 0 Å². The van der Waals surface area contributed by atoms with Crippen LogP contribution in [0.1, 0.15) is 28.0 Å². The molecule has 28 heavy (non-hydrogen) atoms. The molecule has 0 aliphatic carbocycles. The van der Waals surface area contributed by atoms with E-state index < -0.39 is 0 Å². The van der Waals surface area contributed by atoms with Crippen LogP contribution in [0.4, 0.5) is 0 Å². The number of hydrogen-bond donors (Lipinski definition) is 1. The van der Waals surface area contributed by atoms with Crippen LogP contribution in [0.15, 0.2) is 54.7 Å². The normalized spacial score (nSPS) is 10.7. The highest BCUT2D eigenvalue weighted by Gasteiger charge is 2.06. The van der Waals surface area contributed by atoms with E-state index in [1.165, 1.54) is 0 Å². The zero-order valence-corrected chi connectivity index (χ0v) is 17.0. The molecule has 0 saturated carbocycles. The molecule has 3 rings (SSSR count). The summed E-state index contributed by atoms with van der Waals surface area (Å²) >= 11 is 11.9. The Morgan fingerprint density at radius 1 is 1.18 bits per heavy atom. The third kappa shape index (κ3) is 5.75. The van der Waals surface area contributed by atoms with E-state index in [-0.39, 0.29) is 5.91 Å². The summed E-state index contributed by atoms with van der Waals surface area (Å²) in [6.07, 6.45) is 2.57. The standard InChI is InChI=1S/C21H21Cl2N3O2/c1-15-20(23)13-26(25-15)11-3-10-24-21(27)17-8-6-16(7-9-17)14-28-19-5-2-4-18(22)12-19/h2,4-9,12-13H,3,10-11,14H2,1H3,(H,24,27). The van der Waals surface area contributed by atoms with Crippen LogP contribution in [0.5, 0.6) is 5.75 Å². The molecule has 2 aromatic carbocycles. The molecule has 0 atom stereocenters. The van der Waals surface area contributed by atoms with Crippen molar-refractivity contribution in [2.75, 3.05) is 6.54 Å². The van der Waals surface area contributed by atoms with Crippen molar-refractivity contribution in [1.82, 2.24) is 15.1 Å². The van der Waals surface area contributed by atoms with Gasteiger partial charge in [0.15, 0.2) is 0 Å². The smallest absolute Gasteiger partial charge is 0.251 e. The predicted molar refractivity (Wildman–Crippen MR) is 111 cm³/mol. The van der Waals surface area contributed by atoms with Gasteiger partial charge in [0.25, 0.3) is 5.91 Å². The van der Waals surface area contributed by atoms with E-state index in [1.807, 2.05) is 31.2 Å². The summed E-state index contributed by atoms with van der Waals surface area (Å²) in [5.41, 5.74) is 2.40. The van der Waals surface area contributed by atoms with Crippen LogP contribution >= 0.6 is 23.2 Å². The van der Waals surface area contributed by atoms with E-state index in [4.69, 9.17) is 27.9 Å². The number of benzene rings is 2. The third-order valence-electron chi connectivity index (χ3n) is 4.15. The molecule has 1 N–H and O–H groups in total. The van der Waals surface area contributed by atoms with Gasteiger partial charge >= 0.3 is 0 Å². The van der Waals surface area contributed by atoms with Crippen LogP contribution in [0.2, 0.25) is 10.0 Å². The molecular weight excluding hydrogens is 397 g/mol. The highest BCUT2D eigenvalue weighted by Crippen LogP contribution is 2.18. The number of carbonyl (C=O) groups excluding carboxylic acids is 1. The molecule has 0 aliphatic rings. The monoisotopic (exact) mass is 417 g/mol. The van der Waals surface area contributed by atoms with Crippen molar-refractivity contribution in [3.63, 3.8) is 0 Å². The molecule has 3 aromatic rings. The SMILES string of the molecule is Cc1nn(CCCNC(=O)c2ccc(COc3cccc(Cl)c3)cc2)cc1Cl. The number of aromatic nitrogens is 2. The van der Waals surface area contributed by atoms with Crippen molar-refractivity contribution >= 4 is 29.1 Å². The summed E-state index contributed by atoms with van der Waals surface area (Å²) in [5.74, 6) is 0.611. The summed E-state index contributed by atoms with van der Waals surface area (Å²) < 4.78 is 7.49. The Morgan fingerprint density at radius 2 is 1.96 bits per heavy atom. The first kappa shape index (κ1) is 20.2. The molecule has 0 bridgehead atoms. The molecular formula is C21H21Cl2N3O2. The van der Waals surface area contributed by atoms with Crippen molar-refractivity contribution in [3.8, 4) is 5.75 Å². The van der Waals surface area contributed by atoms with Gasteiger partial charge in [-0.3, -0.25) is 9.48 Å². The maximum atomic E-state index is 12.2. The second-order valence-electron chi connectivity index (χ2n) is 6.38. The highest BCUT2D eigenvalue weighted by atomic mass is 35.5. The lowest BCUT2D eigenvalue weighted by atomic mass is 10.1. The quantitative estimate of drug-likeness (QED) is 0.530. The van der Waals surface area contributed by atoms with Crippen molar-refractivity contribution in [3.05, 3.63) is 81.6 Å². The average Bonchev–Trinajstić information content (AvgIpc) is 3.01. The molecule has 5 nitrogen and oxygen atoms in total. The van der Waals surface area contributed by atoms with Gasteiger partial charge in [0.1, 0.15) is 12.4 Å². The molecule has 1 amide bonds. The number of hydrogen-bond acceptors (Lipinski definition) is 3. The van der Waals surface area contributed by atoms with Crippen LogP contribution in [-0.4, -0.2) is 22.2 Å². The van der Waals surface area contributed by atoms with Gasteiger partial charge in [-0.25, -0.2) is 0 Å². The molecule has 0 fully saturated rings. The van der Waals surface area contributed by atoms with Gasteiger partial charge < -0.3 is 10.1 Å². The summed E-state index contributed by atoms with van der Waals surface area (Å²) in [6.45, 7) is 3.54. The number of carbonyl (C=O) groups is 1. The summed E-state index contributed by atoms with van der Waals surface area (Å²) in [5, 5.41) is 8.50. The van der Waals surface area contributed by atoms with Crippen LogP contribution in [0.25, 0.3) is 0 Å². The minimum Gasteiger partial charge on any atom is -0.489 e. The minimum atomic E-state index is -0.100. The van der Waals surface area contributed by atoms with Crippen LogP contribution in [-0.2, 0) is 13.2 Å². The van der Waals surface area contributed by atoms with E-state index in [2.05, 4.69) is 10.4 Å². The molecule has 0 unspecified atom stereocenters. The fourth-order valence-corrected chi connectivity index (χ4v) is 2.96. The average molecular weight is 418 g/mol. The number of halogens is 2. The van der Waals surface area contributed by atoms with Gasteiger partial charge in [-0.1, -0.05) is 41.4 Å². The lowest BCUT2D eigenvalue weighted by molar-refractivity contribution is 0.0952. The molecule has 1 aromatic heterocycles. The number of rotatable bonds is 8. The third-order valence-corrected chi connectivity index (χ3v) is 4.76. The van der Waals surface area contributed by atoms with Crippen molar-refractivity contribution in [2.24, 2.45) is 0 Å². The first-order valence-corrected chi connectivity index (χ1v) is 9.72. The Labute approximate surface area is 174 Å². The molecule has 0 saturated heterocycles. The zero-order valence-electron chi connectivity index (χ0n) is 15.5. The number of nitrogens with zero attached hydrogens (tertiary/aromatic N) is 2. The van der Waals surface area contributed by atoms with Crippen molar-refractivity contribution in [1.29, 1.82) is 0 Å². The Balaban J connectivity index is 1.42. The van der Waals surface area contributed by atoms with Crippen molar-refractivity contribution in [2.45, 2.75) is 26.5 Å². The molecule has 7 heteroatoms. The number of amides is 1. The van der Waals surface area contributed by atoms with Gasteiger partial charge in [-0.15, -0.1) is 0 Å². The highest BCUT2D eigenvalue weighted by molar-refractivity contribution is 6.31. The zero-order chi connectivity index (χ0) is 19.9. The van der Waals surface area contributed by atoms with E-state index in [0.29, 0.717) is 41.1 Å². The van der Waals surface area contributed by atoms with Gasteiger partial charge in [-0.2, -0.15) is 5.10 Å². The second kappa shape index (κ2) is 9.62. The molecule has 146 valence electrons. The maximum absolute atomic E-state index is 12.2. The lowest BCUT2D eigenvalue weighted by Crippen LogP contribution is -2.25. The fourth-order valence-electron chi connectivity index (χ4n) is 2.63. The Morgan fingerprint density at radius 3 is 2.64 bits per heavy atom. The predicted octanol–water partition coefficient (Wildman–Crippen LogP) is 4.90. The summed E-state index contributed by atoms with van der Waals surface area (Å²) in [7, 11) is 0. The van der Waals surface area contributed by atoms with Gasteiger partial charge in [0, 0.05) is 29.9 Å². The largest absolute Gasteiger partial charge is 0.489 e. The molecule has 1 heterocycles. The van der Waals surface area contributed by atoms with Crippen LogP contribution in [0, 0.1) is 6.92 Å². The first-order chi connectivity index (χ1) is 13.5. The Hall–Kier alpha value is -2.50. The van der Waals surface area contributed by atoms with E-state index in [1.54, 1.807) is 35.1 Å². The number of nitrogens with one attached hydrogen (secondary N) is 1. The maximum Gasteiger partial charge on any atom is 0.251 e. The van der Waals surface area contributed by atoms with Gasteiger partial charge in [-0.05, 0) is 49.2 Å².